The fourth-order valence-corrected chi connectivity index (χ4v) is 1.40. The SMILES string of the molecule is Cc1cncc(NC(=O)c2ccncc2O)c1. The molecule has 86 valence electrons. The number of aromatic nitrogens is 2. The summed E-state index contributed by atoms with van der Waals surface area (Å²) >= 11 is 0. The summed E-state index contributed by atoms with van der Waals surface area (Å²) in [6.45, 7) is 1.88. The Morgan fingerprint density at radius 2 is 2.12 bits per heavy atom. The van der Waals surface area contributed by atoms with E-state index in [0.717, 1.165) is 5.56 Å². The van der Waals surface area contributed by atoms with Crippen LogP contribution in [0.3, 0.4) is 0 Å². The van der Waals surface area contributed by atoms with Gasteiger partial charge in [0.25, 0.3) is 5.91 Å². The highest BCUT2D eigenvalue weighted by molar-refractivity contribution is 6.05. The highest BCUT2D eigenvalue weighted by Gasteiger charge is 2.10. The topological polar surface area (TPSA) is 75.1 Å². The summed E-state index contributed by atoms with van der Waals surface area (Å²) in [5.74, 6) is -0.539. The van der Waals surface area contributed by atoms with Gasteiger partial charge in [0.15, 0.2) is 0 Å². The number of amides is 1. The van der Waals surface area contributed by atoms with E-state index < -0.39 is 5.91 Å². The molecule has 0 unspecified atom stereocenters. The minimum atomic E-state index is -0.391. The van der Waals surface area contributed by atoms with Crippen LogP contribution < -0.4 is 5.32 Å². The molecule has 0 radical (unpaired) electrons. The second-order valence-corrected chi connectivity index (χ2v) is 3.60. The van der Waals surface area contributed by atoms with Crippen LogP contribution in [0.5, 0.6) is 5.75 Å². The molecule has 0 atom stereocenters. The number of carbonyl (C=O) groups is 1. The lowest BCUT2D eigenvalue weighted by Gasteiger charge is -2.06. The zero-order chi connectivity index (χ0) is 12.3. The molecule has 0 aliphatic carbocycles. The molecule has 2 rings (SSSR count). The van der Waals surface area contributed by atoms with Crippen molar-refractivity contribution >= 4 is 11.6 Å². The lowest BCUT2D eigenvalue weighted by molar-refractivity contribution is 0.102. The highest BCUT2D eigenvalue weighted by atomic mass is 16.3. The van der Waals surface area contributed by atoms with Gasteiger partial charge in [-0.15, -0.1) is 0 Å². The molecule has 0 aliphatic rings. The Morgan fingerprint density at radius 1 is 1.29 bits per heavy atom. The number of rotatable bonds is 2. The van der Waals surface area contributed by atoms with Gasteiger partial charge < -0.3 is 10.4 Å². The number of carbonyl (C=O) groups excluding carboxylic acids is 1. The molecule has 0 aliphatic heterocycles. The van der Waals surface area contributed by atoms with E-state index in [4.69, 9.17) is 0 Å². The lowest BCUT2D eigenvalue weighted by atomic mass is 10.2. The Balaban J connectivity index is 2.20. The first-order chi connectivity index (χ1) is 8.16. The van der Waals surface area contributed by atoms with Crippen LogP contribution in [0.1, 0.15) is 15.9 Å². The van der Waals surface area contributed by atoms with Crippen molar-refractivity contribution in [2.45, 2.75) is 6.92 Å². The maximum atomic E-state index is 11.8. The molecular weight excluding hydrogens is 218 g/mol. The van der Waals surface area contributed by atoms with Crippen molar-refractivity contribution in [1.29, 1.82) is 0 Å². The van der Waals surface area contributed by atoms with Gasteiger partial charge in [0.2, 0.25) is 0 Å². The van der Waals surface area contributed by atoms with Crippen molar-refractivity contribution < 1.29 is 9.90 Å². The summed E-state index contributed by atoms with van der Waals surface area (Å²) in [5, 5.41) is 12.1. The molecule has 0 saturated carbocycles. The Hall–Kier alpha value is -2.43. The van der Waals surface area contributed by atoms with Gasteiger partial charge in [0, 0.05) is 12.4 Å². The molecule has 1 amide bonds. The lowest BCUT2D eigenvalue weighted by Crippen LogP contribution is -2.12. The fourth-order valence-electron chi connectivity index (χ4n) is 1.40. The van der Waals surface area contributed by atoms with Crippen molar-refractivity contribution in [3.63, 3.8) is 0 Å². The van der Waals surface area contributed by atoms with Crippen LogP contribution >= 0.6 is 0 Å². The smallest absolute Gasteiger partial charge is 0.259 e. The standard InChI is InChI=1S/C12H11N3O2/c1-8-4-9(6-14-5-8)15-12(17)10-2-3-13-7-11(10)16/h2-7,16H,1H3,(H,15,17). The number of nitrogens with zero attached hydrogens (tertiary/aromatic N) is 2. The molecule has 2 aromatic rings. The molecular formula is C12H11N3O2. The number of nitrogens with one attached hydrogen (secondary N) is 1. The predicted molar refractivity (Wildman–Crippen MR) is 62.8 cm³/mol. The second-order valence-electron chi connectivity index (χ2n) is 3.60. The van der Waals surface area contributed by atoms with E-state index in [0.29, 0.717) is 5.69 Å². The summed E-state index contributed by atoms with van der Waals surface area (Å²) in [6.07, 6.45) is 5.91. The first-order valence-corrected chi connectivity index (χ1v) is 5.03. The quantitative estimate of drug-likeness (QED) is 0.822. The van der Waals surface area contributed by atoms with E-state index in [1.807, 2.05) is 6.92 Å². The number of anilines is 1. The van der Waals surface area contributed by atoms with E-state index in [2.05, 4.69) is 15.3 Å². The van der Waals surface area contributed by atoms with Crippen molar-refractivity contribution in [2.75, 3.05) is 5.32 Å². The third-order valence-electron chi connectivity index (χ3n) is 2.18. The molecule has 0 spiro atoms. The molecule has 2 aromatic heterocycles. The number of hydrogen-bond donors (Lipinski definition) is 2. The van der Waals surface area contributed by atoms with Gasteiger partial charge in [-0.25, -0.2) is 0 Å². The van der Waals surface area contributed by atoms with E-state index in [1.165, 1.54) is 18.5 Å². The highest BCUT2D eigenvalue weighted by Crippen LogP contribution is 2.16. The van der Waals surface area contributed by atoms with Crippen molar-refractivity contribution in [3.8, 4) is 5.75 Å². The van der Waals surface area contributed by atoms with Crippen LogP contribution in [-0.4, -0.2) is 21.0 Å². The minimum Gasteiger partial charge on any atom is -0.505 e. The van der Waals surface area contributed by atoms with Gasteiger partial charge in [-0.1, -0.05) is 0 Å². The van der Waals surface area contributed by atoms with Gasteiger partial charge >= 0.3 is 0 Å². The van der Waals surface area contributed by atoms with Crippen LogP contribution in [0.2, 0.25) is 0 Å². The maximum absolute atomic E-state index is 11.8. The second kappa shape index (κ2) is 4.61. The van der Waals surface area contributed by atoms with E-state index in [9.17, 15) is 9.90 Å². The molecule has 0 aromatic carbocycles. The normalized spacial score (nSPS) is 9.94. The van der Waals surface area contributed by atoms with E-state index in [1.54, 1.807) is 18.5 Å². The van der Waals surface area contributed by atoms with Gasteiger partial charge in [0.1, 0.15) is 5.75 Å². The van der Waals surface area contributed by atoms with Crippen LogP contribution in [0, 0.1) is 6.92 Å². The average molecular weight is 229 g/mol. The van der Waals surface area contributed by atoms with Gasteiger partial charge in [-0.2, -0.15) is 0 Å². The third kappa shape index (κ3) is 2.57. The average Bonchev–Trinajstić information content (AvgIpc) is 2.29. The number of hydrogen-bond acceptors (Lipinski definition) is 4. The Bertz CT molecular complexity index is 555. The summed E-state index contributed by atoms with van der Waals surface area (Å²) in [6, 6.07) is 3.25. The predicted octanol–water partition coefficient (Wildman–Crippen LogP) is 1.74. The van der Waals surface area contributed by atoms with Crippen molar-refractivity contribution in [3.05, 3.63) is 48.0 Å². The van der Waals surface area contributed by atoms with Crippen LogP contribution in [-0.2, 0) is 0 Å². The van der Waals surface area contributed by atoms with Gasteiger partial charge in [0.05, 0.1) is 23.6 Å². The zero-order valence-electron chi connectivity index (χ0n) is 9.21. The molecule has 2 heterocycles. The number of pyridine rings is 2. The summed E-state index contributed by atoms with van der Waals surface area (Å²) in [4.78, 5) is 19.5. The third-order valence-corrected chi connectivity index (χ3v) is 2.18. The van der Waals surface area contributed by atoms with Gasteiger partial charge in [-0.05, 0) is 24.6 Å². The molecule has 0 bridgehead atoms. The Kier molecular flexibility index (Phi) is 3.00. The van der Waals surface area contributed by atoms with Crippen molar-refractivity contribution in [2.24, 2.45) is 0 Å². The maximum Gasteiger partial charge on any atom is 0.259 e. The van der Waals surface area contributed by atoms with Crippen LogP contribution in [0.25, 0.3) is 0 Å². The summed E-state index contributed by atoms with van der Waals surface area (Å²) in [5.41, 5.74) is 1.72. The fraction of sp³-hybridized carbons (Fsp3) is 0.0833. The number of aryl methyl sites for hydroxylation is 1. The minimum absolute atomic E-state index is 0.148. The molecule has 17 heavy (non-hydrogen) atoms. The van der Waals surface area contributed by atoms with Crippen molar-refractivity contribution in [1.82, 2.24) is 9.97 Å². The molecule has 0 saturated heterocycles. The Labute approximate surface area is 98.2 Å². The van der Waals surface area contributed by atoms with Crippen LogP contribution in [0.4, 0.5) is 5.69 Å². The monoisotopic (exact) mass is 229 g/mol. The largest absolute Gasteiger partial charge is 0.505 e. The molecule has 5 nitrogen and oxygen atoms in total. The molecule has 5 heteroatoms. The summed E-state index contributed by atoms with van der Waals surface area (Å²) in [7, 11) is 0. The Morgan fingerprint density at radius 3 is 2.82 bits per heavy atom. The summed E-state index contributed by atoms with van der Waals surface area (Å²) < 4.78 is 0. The first-order valence-electron chi connectivity index (χ1n) is 5.03. The zero-order valence-corrected chi connectivity index (χ0v) is 9.21. The van der Waals surface area contributed by atoms with Crippen LogP contribution in [0.15, 0.2) is 36.9 Å². The van der Waals surface area contributed by atoms with E-state index >= 15 is 0 Å². The van der Waals surface area contributed by atoms with E-state index in [-0.39, 0.29) is 11.3 Å². The first kappa shape index (κ1) is 11.1. The molecule has 2 N–H and O–H groups in total. The number of aromatic hydroxyl groups is 1. The van der Waals surface area contributed by atoms with Gasteiger partial charge in [-0.3, -0.25) is 14.8 Å². The molecule has 0 fully saturated rings.